The first-order valence-corrected chi connectivity index (χ1v) is 6.41. The fourth-order valence-corrected chi connectivity index (χ4v) is 1.98. The molecule has 0 atom stereocenters. The highest BCUT2D eigenvalue weighted by molar-refractivity contribution is 5.91. The Kier molecular flexibility index (Phi) is 3.65. The number of pyridine rings is 1. The molecule has 0 saturated carbocycles. The van der Waals surface area contributed by atoms with Crippen LogP contribution in [0.25, 0.3) is 10.9 Å². The van der Waals surface area contributed by atoms with Crippen molar-refractivity contribution < 1.29 is 18.3 Å². The molecule has 3 aromatic rings. The molecule has 22 heavy (non-hydrogen) atoms. The Bertz CT molecular complexity index is 847. The molecule has 0 bridgehead atoms. The topological polar surface area (TPSA) is 51.2 Å². The monoisotopic (exact) mass is 300 g/mol. The number of benzene rings is 2. The number of hydrogen-bond donors (Lipinski definition) is 1. The molecule has 0 fully saturated rings. The number of amides is 1. The molecule has 6 heteroatoms. The van der Waals surface area contributed by atoms with Gasteiger partial charge in [0.15, 0.2) is 5.75 Å². The Morgan fingerprint density at radius 1 is 1.09 bits per heavy atom. The van der Waals surface area contributed by atoms with Gasteiger partial charge in [0.2, 0.25) is 0 Å². The van der Waals surface area contributed by atoms with Gasteiger partial charge in [-0.15, -0.1) is 0 Å². The van der Waals surface area contributed by atoms with E-state index in [4.69, 9.17) is 4.74 Å². The van der Waals surface area contributed by atoms with Crippen LogP contribution in [0.5, 0.6) is 5.75 Å². The van der Waals surface area contributed by atoms with E-state index in [0.29, 0.717) is 11.6 Å². The second kappa shape index (κ2) is 5.77. The molecular weight excluding hydrogens is 290 g/mol. The van der Waals surface area contributed by atoms with Crippen LogP contribution in [0.1, 0.15) is 0 Å². The normalized spacial score (nSPS) is 10.5. The van der Waals surface area contributed by atoms with Crippen molar-refractivity contribution in [1.29, 1.82) is 0 Å². The summed E-state index contributed by atoms with van der Waals surface area (Å²) in [5, 5.41) is 3.03. The van der Waals surface area contributed by atoms with Crippen LogP contribution in [0.15, 0.2) is 54.7 Å². The average Bonchev–Trinajstić information content (AvgIpc) is 2.50. The van der Waals surface area contributed by atoms with Gasteiger partial charge in [-0.25, -0.2) is 13.6 Å². The largest absolute Gasteiger partial charge is 0.417 e. The van der Waals surface area contributed by atoms with Crippen LogP contribution >= 0.6 is 0 Å². The highest BCUT2D eigenvalue weighted by Gasteiger charge is 2.12. The minimum absolute atomic E-state index is 0.167. The third-order valence-corrected chi connectivity index (χ3v) is 2.97. The number of carbonyl (C=O) groups excluding carboxylic acids is 1. The van der Waals surface area contributed by atoms with Crippen molar-refractivity contribution in [3.63, 3.8) is 0 Å². The molecule has 1 heterocycles. The highest BCUT2D eigenvalue weighted by Crippen LogP contribution is 2.23. The molecule has 3 rings (SSSR count). The van der Waals surface area contributed by atoms with E-state index in [-0.39, 0.29) is 11.4 Å². The van der Waals surface area contributed by atoms with E-state index in [1.165, 1.54) is 0 Å². The van der Waals surface area contributed by atoms with E-state index in [9.17, 15) is 13.6 Å². The predicted molar refractivity (Wildman–Crippen MR) is 77.7 cm³/mol. The van der Waals surface area contributed by atoms with Gasteiger partial charge in [-0.05, 0) is 24.3 Å². The van der Waals surface area contributed by atoms with Crippen molar-refractivity contribution in [1.82, 2.24) is 4.98 Å². The van der Waals surface area contributed by atoms with Crippen molar-refractivity contribution >= 4 is 22.7 Å². The lowest BCUT2D eigenvalue weighted by atomic mass is 10.2. The standard InChI is InChI=1S/C16H10F2N2O2/c17-11-6-7-13(12(18)9-11)20-16(21)22-14-5-1-3-10-4-2-8-19-15(10)14/h1-9H,(H,20,21). The number of ether oxygens (including phenoxy) is 1. The maximum Gasteiger partial charge on any atom is 0.417 e. The number of hydrogen-bond acceptors (Lipinski definition) is 3. The molecule has 0 radical (unpaired) electrons. The summed E-state index contributed by atoms with van der Waals surface area (Å²) in [4.78, 5) is 16.0. The van der Waals surface area contributed by atoms with E-state index < -0.39 is 17.7 Å². The number of nitrogens with zero attached hydrogens (tertiary/aromatic N) is 1. The van der Waals surface area contributed by atoms with E-state index in [1.54, 1.807) is 24.4 Å². The lowest BCUT2D eigenvalue weighted by Crippen LogP contribution is -2.17. The maximum absolute atomic E-state index is 13.5. The molecule has 1 N–H and O–H groups in total. The van der Waals surface area contributed by atoms with Crippen LogP contribution in [0.4, 0.5) is 19.3 Å². The zero-order valence-corrected chi connectivity index (χ0v) is 11.2. The first-order valence-electron chi connectivity index (χ1n) is 6.41. The van der Waals surface area contributed by atoms with Gasteiger partial charge >= 0.3 is 6.09 Å². The first-order chi connectivity index (χ1) is 10.6. The van der Waals surface area contributed by atoms with Gasteiger partial charge in [0, 0.05) is 17.6 Å². The second-order valence-corrected chi connectivity index (χ2v) is 4.47. The van der Waals surface area contributed by atoms with E-state index in [0.717, 1.165) is 17.5 Å². The van der Waals surface area contributed by atoms with Gasteiger partial charge in [0.1, 0.15) is 17.2 Å². The summed E-state index contributed by atoms with van der Waals surface area (Å²) in [7, 11) is 0. The summed E-state index contributed by atoms with van der Waals surface area (Å²) in [5.74, 6) is -1.36. The zero-order chi connectivity index (χ0) is 15.5. The molecule has 110 valence electrons. The Balaban J connectivity index is 1.81. The molecule has 0 unspecified atom stereocenters. The Hall–Kier alpha value is -3.02. The van der Waals surface area contributed by atoms with Crippen molar-refractivity contribution in [2.24, 2.45) is 0 Å². The average molecular weight is 300 g/mol. The summed E-state index contributed by atoms with van der Waals surface area (Å²) < 4.78 is 31.4. The number of nitrogens with one attached hydrogen (secondary N) is 1. The third kappa shape index (κ3) is 2.85. The van der Waals surface area contributed by atoms with Crippen LogP contribution in [-0.2, 0) is 0 Å². The highest BCUT2D eigenvalue weighted by atomic mass is 19.1. The Morgan fingerprint density at radius 2 is 1.91 bits per heavy atom. The van der Waals surface area contributed by atoms with Gasteiger partial charge in [-0.3, -0.25) is 10.3 Å². The van der Waals surface area contributed by atoms with Gasteiger partial charge in [0.05, 0.1) is 5.69 Å². The fourth-order valence-electron chi connectivity index (χ4n) is 1.98. The smallest absolute Gasteiger partial charge is 0.408 e. The number of halogens is 2. The summed E-state index contributed by atoms with van der Waals surface area (Å²) in [6.45, 7) is 0. The predicted octanol–water partition coefficient (Wildman–Crippen LogP) is 4.12. The molecule has 0 aliphatic heterocycles. The SMILES string of the molecule is O=C(Nc1ccc(F)cc1F)Oc1cccc2cccnc12. The van der Waals surface area contributed by atoms with Crippen molar-refractivity contribution in [3.05, 3.63) is 66.4 Å². The summed E-state index contributed by atoms with van der Waals surface area (Å²) in [6, 6.07) is 11.5. The zero-order valence-electron chi connectivity index (χ0n) is 11.2. The van der Waals surface area contributed by atoms with E-state index >= 15 is 0 Å². The molecule has 0 spiro atoms. The lowest BCUT2D eigenvalue weighted by molar-refractivity contribution is 0.215. The maximum atomic E-state index is 13.5. The van der Waals surface area contributed by atoms with Crippen LogP contribution in [0.3, 0.4) is 0 Å². The molecule has 1 aromatic heterocycles. The minimum Gasteiger partial charge on any atom is -0.408 e. The molecule has 4 nitrogen and oxygen atoms in total. The molecule has 0 aliphatic rings. The van der Waals surface area contributed by atoms with E-state index in [1.807, 2.05) is 12.1 Å². The number of para-hydroxylation sites is 1. The van der Waals surface area contributed by atoms with Gasteiger partial charge in [-0.2, -0.15) is 0 Å². The van der Waals surface area contributed by atoms with Crippen LogP contribution in [0, 0.1) is 11.6 Å². The summed E-state index contributed by atoms with van der Waals surface area (Å²) in [6.07, 6.45) is 0.691. The molecular formula is C16H10F2N2O2. The second-order valence-electron chi connectivity index (χ2n) is 4.47. The Labute approximate surface area is 124 Å². The number of carbonyl (C=O) groups is 1. The van der Waals surface area contributed by atoms with Crippen molar-refractivity contribution in [2.45, 2.75) is 0 Å². The minimum atomic E-state index is -0.885. The molecule has 2 aromatic carbocycles. The van der Waals surface area contributed by atoms with Crippen molar-refractivity contribution in [2.75, 3.05) is 5.32 Å². The Morgan fingerprint density at radius 3 is 2.73 bits per heavy atom. The van der Waals surface area contributed by atoms with Crippen LogP contribution in [0.2, 0.25) is 0 Å². The molecule has 0 saturated heterocycles. The third-order valence-electron chi connectivity index (χ3n) is 2.97. The van der Waals surface area contributed by atoms with Crippen LogP contribution in [-0.4, -0.2) is 11.1 Å². The summed E-state index contributed by atoms with van der Waals surface area (Å²) in [5.41, 5.74) is 0.347. The number of rotatable bonds is 2. The van der Waals surface area contributed by atoms with Gasteiger partial charge in [0.25, 0.3) is 0 Å². The number of aromatic nitrogens is 1. The quantitative estimate of drug-likeness (QED) is 0.774. The number of anilines is 1. The fraction of sp³-hybridized carbons (Fsp3) is 0. The summed E-state index contributed by atoms with van der Waals surface area (Å²) >= 11 is 0. The van der Waals surface area contributed by atoms with Crippen LogP contribution < -0.4 is 10.1 Å². The van der Waals surface area contributed by atoms with Crippen molar-refractivity contribution in [3.8, 4) is 5.75 Å². The van der Waals surface area contributed by atoms with Gasteiger partial charge in [-0.1, -0.05) is 18.2 Å². The lowest BCUT2D eigenvalue weighted by Gasteiger charge is -2.09. The molecule has 0 aliphatic carbocycles. The van der Waals surface area contributed by atoms with Gasteiger partial charge < -0.3 is 4.74 Å². The number of fused-ring (bicyclic) bond motifs is 1. The molecule has 1 amide bonds. The van der Waals surface area contributed by atoms with E-state index in [2.05, 4.69) is 10.3 Å². The first kappa shape index (κ1) is 13.9.